The average Bonchev–Trinajstić information content (AvgIpc) is 3.37. The van der Waals surface area contributed by atoms with E-state index in [1.165, 1.54) is 0 Å². The van der Waals surface area contributed by atoms with E-state index in [4.69, 9.17) is 4.74 Å². The van der Waals surface area contributed by atoms with Crippen molar-refractivity contribution in [3.05, 3.63) is 29.2 Å². The van der Waals surface area contributed by atoms with Gasteiger partial charge in [0.1, 0.15) is 11.9 Å². The fraction of sp³-hybridized carbons (Fsp3) is 0.611. The lowest BCUT2D eigenvalue weighted by molar-refractivity contribution is 0.108. The highest BCUT2D eigenvalue weighted by atomic mass is 16.5. The summed E-state index contributed by atoms with van der Waals surface area (Å²) in [6.07, 6.45) is 4.14. The Bertz CT molecular complexity index is 776. The number of amides is 2. The number of nitrogens with zero attached hydrogens (tertiary/aromatic N) is 4. The van der Waals surface area contributed by atoms with Gasteiger partial charge in [-0.05, 0) is 38.7 Å². The molecule has 2 aromatic rings. The second-order valence-corrected chi connectivity index (χ2v) is 7.27. The molecule has 2 aromatic heterocycles. The highest BCUT2D eigenvalue weighted by Crippen LogP contribution is 2.29. The summed E-state index contributed by atoms with van der Waals surface area (Å²) in [5, 5.41) is 14.9. The second-order valence-electron chi connectivity index (χ2n) is 7.27. The Hall–Kier alpha value is -2.35. The van der Waals surface area contributed by atoms with Gasteiger partial charge in [-0.1, -0.05) is 0 Å². The van der Waals surface area contributed by atoms with E-state index in [-0.39, 0.29) is 18.1 Å². The van der Waals surface area contributed by atoms with Crippen molar-refractivity contribution in [2.45, 2.75) is 44.6 Å². The summed E-state index contributed by atoms with van der Waals surface area (Å²) in [7, 11) is 1.85. The summed E-state index contributed by atoms with van der Waals surface area (Å²) >= 11 is 0. The van der Waals surface area contributed by atoms with Crippen molar-refractivity contribution in [1.82, 2.24) is 24.9 Å². The minimum atomic E-state index is -0.0798. The molecule has 0 saturated carbocycles. The third-order valence-corrected chi connectivity index (χ3v) is 5.25. The number of aromatic nitrogens is 4. The van der Waals surface area contributed by atoms with E-state index in [1.807, 2.05) is 24.9 Å². The van der Waals surface area contributed by atoms with Crippen molar-refractivity contribution in [2.24, 2.45) is 7.05 Å². The van der Waals surface area contributed by atoms with Crippen LogP contribution in [0.5, 0.6) is 0 Å². The molecular formula is C18H26N6O2. The molecule has 2 saturated heterocycles. The van der Waals surface area contributed by atoms with Crippen molar-refractivity contribution >= 4 is 11.8 Å². The SMILES string of the molecule is Cc1cc(C2CCCN(C(=O)Nc3cc(C4CCCO4)nn3C)C2)n[nH]1. The first-order valence-electron chi connectivity index (χ1n) is 9.33. The topological polar surface area (TPSA) is 88.1 Å². The number of ether oxygens (including phenoxy) is 1. The molecule has 0 aliphatic carbocycles. The number of rotatable bonds is 3. The van der Waals surface area contributed by atoms with Crippen LogP contribution in [0.3, 0.4) is 0 Å². The number of hydrogen-bond donors (Lipinski definition) is 2. The van der Waals surface area contributed by atoms with Crippen LogP contribution in [-0.2, 0) is 11.8 Å². The molecule has 0 bridgehead atoms. The highest BCUT2D eigenvalue weighted by molar-refractivity contribution is 5.88. The molecule has 2 fully saturated rings. The van der Waals surface area contributed by atoms with E-state index in [0.29, 0.717) is 12.4 Å². The van der Waals surface area contributed by atoms with Gasteiger partial charge < -0.3 is 9.64 Å². The summed E-state index contributed by atoms with van der Waals surface area (Å²) < 4.78 is 7.40. The van der Waals surface area contributed by atoms with Gasteiger partial charge in [0.15, 0.2) is 0 Å². The van der Waals surface area contributed by atoms with Crippen molar-refractivity contribution in [3.8, 4) is 0 Å². The number of anilines is 1. The molecule has 2 N–H and O–H groups in total. The Morgan fingerprint density at radius 2 is 2.19 bits per heavy atom. The second kappa shape index (κ2) is 7.11. The number of aryl methyl sites for hydroxylation is 2. The molecule has 8 nitrogen and oxygen atoms in total. The van der Waals surface area contributed by atoms with E-state index in [0.717, 1.165) is 55.9 Å². The van der Waals surface area contributed by atoms with E-state index in [2.05, 4.69) is 26.7 Å². The zero-order chi connectivity index (χ0) is 18.1. The third kappa shape index (κ3) is 3.46. The zero-order valence-corrected chi connectivity index (χ0v) is 15.4. The van der Waals surface area contributed by atoms with Gasteiger partial charge in [-0.15, -0.1) is 0 Å². The number of aromatic amines is 1. The fourth-order valence-corrected chi connectivity index (χ4v) is 3.81. The number of urea groups is 1. The summed E-state index contributed by atoms with van der Waals surface area (Å²) in [5.74, 6) is 0.992. The molecule has 2 aliphatic rings. The predicted molar refractivity (Wildman–Crippen MR) is 97.0 cm³/mol. The van der Waals surface area contributed by atoms with Crippen molar-refractivity contribution < 1.29 is 9.53 Å². The largest absolute Gasteiger partial charge is 0.372 e. The van der Waals surface area contributed by atoms with Crippen LogP contribution in [-0.4, -0.2) is 50.6 Å². The van der Waals surface area contributed by atoms with Crippen LogP contribution in [0.2, 0.25) is 0 Å². The van der Waals surface area contributed by atoms with Gasteiger partial charge in [-0.2, -0.15) is 10.2 Å². The summed E-state index contributed by atoms with van der Waals surface area (Å²) in [5.41, 5.74) is 2.99. The first-order chi connectivity index (χ1) is 12.6. The Kier molecular flexibility index (Phi) is 4.67. The lowest BCUT2D eigenvalue weighted by atomic mass is 9.95. The molecule has 0 aromatic carbocycles. The van der Waals surface area contributed by atoms with Crippen LogP contribution in [0.1, 0.15) is 54.8 Å². The van der Waals surface area contributed by atoms with Crippen LogP contribution in [0, 0.1) is 6.92 Å². The average molecular weight is 358 g/mol. The molecule has 4 rings (SSSR count). The van der Waals surface area contributed by atoms with E-state index in [9.17, 15) is 4.79 Å². The maximum absolute atomic E-state index is 12.7. The van der Waals surface area contributed by atoms with E-state index < -0.39 is 0 Å². The third-order valence-electron chi connectivity index (χ3n) is 5.25. The van der Waals surface area contributed by atoms with Gasteiger partial charge in [-0.25, -0.2) is 4.79 Å². The first kappa shape index (κ1) is 17.1. The molecule has 140 valence electrons. The Morgan fingerprint density at radius 3 is 2.92 bits per heavy atom. The Morgan fingerprint density at radius 1 is 1.31 bits per heavy atom. The van der Waals surface area contributed by atoms with Crippen LogP contribution >= 0.6 is 0 Å². The van der Waals surface area contributed by atoms with Crippen molar-refractivity contribution in [3.63, 3.8) is 0 Å². The monoisotopic (exact) mass is 358 g/mol. The number of hydrogen-bond acceptors (Lipinski definition) is 4. The minimum Gasteiger partial charge on any atom is -0.372 e. The number of carbonyl (C=O) groups excluding carboxylic acids is 1. The lowest BCUT2D eigenvalue weighted by Crippen LogP contribution is -2.42. The van der Waals surface area contributed by atoms with Crippen LogP contribution < -0.4 is 5.32 Å². The van der Waals surface area contributed by atoms with Gasteiger partial charge in [0.25, 0.3) is 0 Å². The smallest absolute Gasteiger partial charge is 0.323 e. The molecule has 0 radical (unpaired) electrons. The number of carbonyl (C=O) groups is 1. The fourth-order valence-electron chi connectivity index (χ4n) is 3.81. The van der Waals surface area contributed by atoms with E-state index >= 15 is 0 Å². The molecular weight excluding hydrogens is 332 g/mol. The van der Waals surface area contributed by atoms with E-state index in [1.54, 1.807) is 4.68 Å². The van der Waals surface area contributed by atoms with Gasteiger partial charge in [-0.3, -0.25) is 15.1 Å². The summed E-state index contributed by atoms with van der Waals surface area (Å²) in [4.78, 5) is 14.6. The van der Waals surface area contributed by atoms with Crippen LogP contribution in [0.25, 0.3) is 0 Å². The number of likely N-dealkylation sites (tertiary alicyclic amines) is 1. The Labute approximate surface area is 152 Å². The van der Waals surface area contributed by atoms with Gasteiger partial charge in [0, 0.05) is 44.4 Å². The molecule has 26 heavy (non-hydrogen) atoms. The maximum atomic E-state index is 12.7. The highest BCUT2D eigenvalue weighted by Gasteiger charge is 2.27. The van der Waals surface area contributed by atoms with Crippen molar-refractivity contribution in [1.29, 1.82) is 0 Å². The molecule has 4 heterocycles. The minimum absolute atomic E-state index is 0.0501. The standard InChI is InChI=1S/C18H26N6O2/c1-12-9-14(21-20-12)13-5-3-7-24(11-13)18(25)19-17-10-15(22-23(17)2)16-6-4-8-26-16/h9-10,13,16H,3-8,11H2,1-2H3,(H,19,25)(H,20,21). The summed E-state index contributed by atoms with van der Waals surface area (Å²) in [6.45, 7) is 4.23. The normalized spacial score (nSPS) is 23.4. The molecule has 8 heteroatoms. The molecule has 2 atom stereocenters. The number of nitrogens with one attached hydrogen (secondary N) is 2. The first-order valence-corrected chi connectivity index (χ1v) is 9.33. The molecule has 2 unspecified atom stereocenters. The quantitative estimate of drug-likeness (QED) is 0.883. The van der Waals surface area contributed by atoms with Gasteiger partial charge in [0.2, 0.25) is 0 Å². The van der Waals surface area contributed by atoms with Crippen LogP contribution in [0.4, 0.5) is 10.6 Å². The van der Waals surface area contributed by atoms with Gasteiger partial charge >= 0.3 is 6.03 Å². The zero-order valence-electron chi connectivity index (χ0n) is 15.4. The summed E-state index contributed by atoms with van der Waals surface area (Å²) in [6, 6.07) is 3.91. The molecule has 2 aliphatic heterocycles. The predicted octanol–water partition coefficient (Wildman–Crippen LogP) is 2.71. The maximum Gasteiger partial charge on any atom is 0.323 e. The molecule has 2 amide bonds. The molecule has 0 spiro atoms. The lowest BCUT2D eigenvalue weighted by Gasteiger charge is -2.31. The number of H-pyrrole nitrogens is 1. The Balaban J connectivity index is 1.41. The van der Waals surface area contributed by atoms with Crippen LogP contribution in [0.15, 0.2) is 12.1 Å². The number of piperidine rings is 1. The van der Waals surface area contributed by atoms with Crippen molar-refractivity contribution in [2.75, 3.05) is 25.0 Å². The van der Waals surface area contributed by atoms with Gasteiger partial charge in [0.05, 0.1) is 11.4 Å².